The Hall–Kier alpha value is -2.82. The molecular weight excluding hydrogens is 420 g/mol. The van der Waals surface area contributed by atoms with Crippen LogP contribution in [0.15, 0.2) is 77.9 Å². The summed E-state index contributed by atoms with van der Waals surface area (Å²) in [6.45, 7) is 12.0. The van der Waals surface area contributed by atoms with Gasteiger partial charge in [0.2, 0.25) is 0 Å². The SMILES string of the molecule is C/C=C(\C=C/CC)C(/CCCO)=C(/c1ccc(O)cc1)c1ccc(N2CCN(CC)CC2)cc1. The third kappa shape index (κ3) is 6.62. The third-order valence-electron chi connectivity index (χ3n) is 6.58. The Kier molecular flexibility index (Phi) is 9.99. The summed E-state index contributed by atoms with van der Waals surface area (Å²) in [5.41, 5.74) is 7.04. The molecule has 4 heteroatoms. The maximum absolute atomic E-state index is 9.90. The van der Waals surface area contributed by atoms with Crippen LogP contribution in [0.1, 0.15) is 51.2 Å². The molecule has 3 rings (SSSR count). The van der Waals surface area contributed by atoms with Crippen LogP contribution in [0.5, 0.6) is 5.75 Å². The zero-order valence-corrected chi connectivity index (χ0v) is 21.0. The summed E-state index contributed by atoms with van der Waals surface area (Å²) in [6.07, 6.45) is 8.98. The molecule has 1 heterocycles. The first kappa shape index (κ1) is 25.8. The quantitative estimate of drug-likeness (QED) is 0.426. The second-order valence-corrected chi connectivity index (χ2v) is 8.75. The van der Waals surface area contributed by atoms with Crippen molar-refractivity contribution in [2.24, 2.45) is 0 Å². The van der Waals surface area contributed by atoms with Crippen LogP contribution in [0.2, 0.25) is 0 Å². The number of phenols is 1. The Morgan fingerprint density at radius 3 is 2.06 bits per heavy atom. The number of aliphatic hydroxyl groups is 1. The van der Waals surface area contributed by atoms with Crippen molar-refractivity contribution in [2.75, 3.05) is 44.2 Å². The molecule has 2 N–H and O–H groups in total. The van der Waals surface area contributed by atoms with Gasteiger partial charge < -0.3 is 20.0 Å². The van der Waals surface area contributed by atoms with Gasteiger partial charge in [-0.1, -0.05) is 56.3 Å². The van der Waals surface area contributed by atoms with Gasteiger partial charge in [-0.15, -0.1) is 0 Å². The van der Waals surface area contributed by atoms with Crippen molar-refractivity contribution in [3.8, 4) is 5.75 Å². The molecule has 0 amide bonds. The van der Waals surface area contributed by atoms with Gasteiger partial charge >= 0.3 is 0 Å². The Bertz CT molecular complexity index is 979. The van der Waals surface area contributed by atoms with E-state index in [4.69, 9.17) is 0 Å². The minimum Gasteiger partial charge on any atom is -0.508 e. The molecule has 1 aliphatic rings. The van der Waals surface area contributed by atoms with Gasteiger partial charge in [0.15, 0.2) is 0 Å². The van der Waals surface area contributed by atoms with E-state index in [1.54, 1.807) is 12.1 Å². The zero-order chi connectivity index (χ0) is 24.3. The molecule has 182 valence electrons. The van der Waals surface area contributed by atoms with Crippen molar-refractivity contribution in [2.45, 2.75) is 40.0 Å². The number of likely N-dealkylation sites (N-methyl/N-ethyl adjacent to an activating group) is 1. The Morgan fingerprint density at radius 1 is 0.912 bits per heavy atom. The first-order valence-electron chi connectivity index (χ1n) is 12.7. The van der Waals surface area contributed by atoms with Crippen molar-refractivity contribution >= 4 is 11.3 Å². The lowest BCUT2D eigenvalue weighted by Crippen LogP contribution is -2.46. The van der Waals surface area contributed by atoms with E-state index in [1.165, 1.54) is 16.8 Å². The number of rotatable bonds is 10. The van der Waals surface area contributed by atoms with Gasteiger partial charge in [-0.05, 0) is 84.8 Å². The summed E-state index contributed by atoms with van der Waals surface area (Å²) in [7, 11) is 0. The van der Waals surface area contributed by atoms with Gasteiger partial charge in [0.1, 0.15) is 5.75 Å². The highest BCUT2D eigenvalue weighted by Gasteiger charge is 2.18. The minimum absolute atomic E-state index is 0.156. The second kappa shape index (κ2) is 13.2. The molecule has 0 bridgehead atoms. The number of aromatic hydroxyl groups is 1. The number of anilines is 1. The average Bonchev–Trinajstić information content (AvgIpc) is 2.88. The van der Waals surface area contributed by atoms with E-state index < -0.39 is 0 Å². The average molecular weight is 461 g/mol. The van der Waals surface area contributed by atoms with Gasteiger partial charge in [0.05, 0.1) is 0 Å². The van der Waals surface area contributed by atoms with Crippen molar-refractivity contribution in [1.29, 1.82) is 0 Å². The highest BCUT2D eigenvalue weighted by Crippen LogP contribution is 2.35. The lowest BCUT2D eigenvalue weighted by Gasteiger charge is -2.35. The largest absolute Gasteiger partial charge is 0.508 e. The molecule has 4 nitrogen and oxygen atoms in total. The third-order valence-corrected chi connectivity index (χ3v) is 6.58. The molecule has 0 radical (unpaired) electrons. The smallest absolute Gasteiger partial charge is 0.115 e. The summed E-state index contributed by atoms with van der Waals surface area (Å²) in [5.74, 6) is 0.263. The van der Waals surface area contributed by atoms with E-state index in [-0.39, 0.29) is 12.4 Å². The lowest BCUT2D eigenvalue weighted by atomic mass is 9.86. The molecule has 0 atom stereocenters. The molecule has 1 saturated heterocycles. The number of benzene rings is 2. The van der Waals surface area contributed by atoms with Crippen LogP contribution >= 0.6 is 0 Å². The molecule has 2 aromatic rings. The van der Waals surface area contributed by atoms with E-state index >= 15 is 0 Å². The van der Waals surface area contributed by atoms with Crippen LogP contribution in [0.25, 0.3) is 5.57 Å². The molecular formula is C30H40N2O2. The number of hydrogen-bond acceptors (Lipinski definition) is 4. The van der Waals surface area contributed by atoms with Crippen LogP contribution in [-0.2, 0) is 0 Å². The first-order valence-corrected chi connectivity index (χ1v) is 12.7. The highest BCUT2D eigenvalue weighted by molar-refractivity contribution is 5.86. The Morgan fingerprint density at radius 2 is 1.53 bits per heavy atom. The maximum atomic E-state index is 9.90. The van der Waals surface area contributed by atoms with E-state index in [1.807, 2.05) is 12.1 Å². The summed E-state index contributed by atoms with van der Waals surface area (Å²) in [6, 6.07) is 16.4. The van der Waals surface area contributed by atoms with Crippen LogP contribution in [0, 0.1) is 0 Å². The summed E-state index contributed by atoms with van der Waals surface area (Å²) in [4.78, 5) is 4.96. The molecule has 1 aliphatic heterocycles. The topological polar surface area (TPSA) is 46.9 Å². The van der Waals surface area contributed by atoms with Crippen LogP contribution in [0.3, 0.4) is 0 Å². The zero-order valence-electron chi connectivity index (χ0n) is 21.0. The highest BCUT2D eigenvalue weighted by atomic mass is 16.3. The molecule has 2 aromatic carbocycles. The number of allylic oxidation sites excluding steroid dienone is 5. The predicted molar refractivity (Wildman–Crippen MR) is 144 cm³/mol. The van der Waals surface area contributed by atoms with E-state index in [9.17, 15) is 10.2 Å². The normalized spacial score (nSPS) is 16.2. The summed E-state index contributed by atoms with van der Waals surface area (Å²) < 4.78 is 0. The van der Waals surface area contributed by atoms with Crippen molar-refractivity contribution < 1.29 is 10.2 Å². The molecule has 0 saturated carbocycles. The predicted octanol–water partition coefficient (Wildman–Crippen LogP) is 6.02. The molecule has 0 unspecified atom stereocenters. The fourth-order valence-electron chi connectivity index (χ4n) is 4.59. The standard InChI is InChI=1S/C30H40N2O2/c1-4-7-9-24(5-2)29(10-8-23-33)30(26-13-17-28(34)18-14-26)25-11-15-27(16-12-25)32-21-19-31(6-3)20-22-32/h5,7,9,11-18,33-34H,4,6,8,10,19-23H2,1-3H3/b9-7-,24-5+,30-29+. The molecule has 0 aromatic heterocycles. The van der Waals surface area contributed by atoms with E-state index in [0.29, 0.717) is 6.42 Å². The van der Waals surface area contributed by atoms with Crippen LogP contribution in [-0.4, -0.2) is 54.4 Å². The van der Waals surface area contributed by atoms with Crippen molar-refractivity contribution in [3.05, 3.63) is 89.0 Å². The van der Waals surface area contributed by atoms with Gasteiger partial charge in [-0.25, -0.2) is 0 Å². The van der Waals surface area contributed by atoms with Gasteiger partial charge in [0.25, 0.3) is 0 Å². The summed E-state index contributed by atoms with van der Waals surface area (Å²) >= 11 is 0. The fraction of sp³-hybridized carbons (Fsp3) is 0.400. The first-order chi connectivity index (χ1) is 16.6. The van der Waals surface area contributed by atoms with Crippen LogP contribution < -0.4 is 4.90 Å². The van der Waals surface area contributed by atoms with Crippen molar-refractivity contribution in [3.63, 3.8) is 0 Å². The minimum atomic E-state index is 0.156. The molecule has 0 spiro atoms. The van der Waals surface area contributed by atoms with Crippen LogP contribution in [0.4, 0.5) is 5.69 Å². The fourth-order valence-corrected chi connectivity index (χ4v) is 4.59. The van der Waals surface area contributed by atoms with E-state index in [0.717, 1.165) is 62.3 Å². The lowest BCUT2D eigenvalue weighted by molar-refractivity contribution is 0.271. The number of phenolic OH excluding ortho intramolecular Hbond substituents is 1. The van der Waals surface area contributed by atoms with Gasteiger partial charge in [0, 0.05) is 38.5 Å². The summed E-state index contributed by atoms with van der Waals surface area (Å²) in [5, 5.41) is 19.5. The number of aliphatic hydroxyl groups excluding tert-OH is 1. The van der Waals surface area contributed by atoms with E-state index in [2.05, 4.69) is 73.1 Å². The van der Waals surface area contributed by atoms with Gasteiger partial charge in [-0.3, -0.25) is 0 Å². The Balaban J connectivity index is 2.06. The number of hydrogen-bond donors (Lipinski definition) is 2. The Labute approximate surface area is 205 Å². The maximum Gasteiger partial charge on any atom is 0.115 e. The monoisotopic (exact) mass is 460 g/mol. The molecule has 1 fully saturated rings. The number of piperazine rings is 1. The second-order valence-electron chi connectivity index (χ2n) is 8.75. The van der Waals surface area contributed by atoms with Gasteiger partial charge in [-0.2, -0.15) is 0 Å². The number of nitrogens with zero attached hydrogens (tertiary/aromatic N) is 2. The van der Waals surface area contributed by atoms with Crippen molar-refractivity contribution in [1.82, 2.24) is 4.90 Å². The molecule has 0 aliphatic carbocycles. The molecule has 34 heavy (non-hydrogen) atoms.